The summed E-state index contributed by atoms with van der Waals surface area (Å²) in [7, 11) is 1.67. The molecule has 0 aliphatic rings. The van der Waals surface area contributed by atoms with Crippen LogP contribution < -0.4 is 14.8 Å². The normalized spacial score (nSPS) is 10.6. The van der Waals surface area contributed by atoms with Gasteiger partial charge in [-0.3, -0.25) is 0 Å². The van der Waals surface area contributed by atoms with Gasteiger partial charge >= 0.3 is 0 Å². The number of rotatable bonds is 12. The molecule has 0 atom stereocenters. The second kappa shape index (κ2) is 11.4. The number of ether oxygens (including phenoxy) is 3. The highest BCUT2D eigenvalue weighted by atomic mass is 16.5. The minimum Gasteiger partial charge on any atom is -0.493 e. The lowest BCUT2D eigenvalue weighted by Gasteiger charge is -2.15. The summed E-state index contributed by atoms with van der Waals surface area (Å²) in [6.45, 7) is 8.06. The van der Waals surface area contributed by atoms with Crippen LogP contribution in [0.15, 0.2) is 18.2 Å². The molecule has 0 saturated carbocycles. The van der Waals surface area contributed by atoms with Gasteiger partial charge in [0.1, 0.15) is 6.61 Å². The zero-order chi connectivity index (χ0) is 15.3. The van der Waals surface area contributed by atoms with Crippen molar-refractivity contribution in [3.8, 4) is 11.5 Å². The molecule has 0 amide bonds. The summed E-state index contributed by atoms with van der Waals surface area (Å²) in [6, 6.07) is 5.99. The molecule has 21 heavy (non-hydrogen) atoms. The molecule has 0 fully saturated rings. The molecule has 0 unspecified atom stereocenters. The lowest BCUT2D eigenvalue weighted by atomic mass is 10.2. The zero-order valence-corrected chi connectivity index (χ0v) is 13.6. The van der Waals surface area contributed by atoms with Crippen LogP contribution in [-0.2, 0) is 11.3 Å². The molecule has 0 heterocycles. The first-order valence-electron chi connectivity index (χ1n) is 7.90. The summed E-state index contributed by atoms with van der Waals surface area (Å²) in [6.07, 6.45) is 3.37. The Morgan fingerprint density at radius 3 is 2.62 bits per heavy atom. The van der Waals surface area contributed by atoms with Gasteiger partial charge in [-0.25, -0.2) is 0 Å². The van der Waals surface area contributed by atoms with Gasteiger partial charge in [-0.15, -0.1) is 0 Å². The zero-order valence-electron chi connectivity index (χ0n) is 13.6. The molecule has 0 aliphatic carbocycles. The van der Waals surface area contributed by atoms with Crippen LogP contribution in [0.1, 0.15) is 38.7 Å². The molecule has 120 valence electrons. The maximum atomic E-state index is 5.88. The predicted molar refractivity (Wildman–Crippen MR) is 86.2 cm³/mol. The van der Waals surface area contributed by atoms with E-state index in [2.05, 4.69) is 25.2 Å². The largest absolute Gasteiger partial charge is 0.493 e. The molecule has 0 aliphatic heterocycles. The summed E-state index contributed by atoms with van der Waals surface area (Å²) in [5.74, 6) is 1.60. The van der Waals surface area contributed by atoms with E-state index >= 15 is 0 Å². The van der Waals surface area contributed by atoms with Gasteiger partial charge in [-0.1, -0.05) is 32.4 Å². The van der Waals surface area contributed by atoms with E-state index in [1.54, 1.807) is 7.11 Å². The van der Waals surface area contributed by atoms with Crippen LogP contribution in [0.2, 0.25) is 0 Å². The van der Waals surface area contributed by atoms with Crippen molar-refractivity contribution < 1.29 is 14.2 Å². The highest BCUT2D eigenvalue weighted by Crippen LogP contribution is 2.31. The van der Waals surface area contributed by atoms with E-state index in [0.717, 1.165) is 56.0 Å². The topological polar surface area (TPSA) is 39.7 Å². The molecule has 0 aromatic heterocycles. The number of para-hydroxylation sites is 1. The van der Waals surface area contributed by atoms with Gasteiger partial charge in [0.05, 0.1) is 13.7 Å². The smallest absolute Gasteiger partial charge is 0.165 e. The summed E-state index contributed by atoms with van der Waals surface area (Å²) >= 11 is 0. The van der Waals surface area contributed by atoms with Crippen molar-refractivity contribution >= 4 is 0 Å². The van der Waals surface area contributed by atoms with E-state index in [1.165, 1.54) is 0 Å². The molecule has 0 spiro atoms. The number of benzene rings is 1. The molecule has 4 heteroatoms. The fraction of sp³-hybridized carbons (Fsp3) is 0.647. The fourth-order valence-corrected chi connectivity index (χ4v) is 1.98. The molecule has 1 rings (SSSR count). The number of nitrogens with one attached hydrogen (secondary N) is 1. The van der Waals surface area contributed by atoms with E-state index < -0.39 is 0 Å². The summed E-state index contributed by atoms with van der Waals surface area (Å²) < 4.78 is 16.8. The summed E-state index contributed by atoms with van der Waals surface area (Å²) in [5, 5.41) is 3.39. The predicted octanol–water partition coefficient (Wildman–Crippen LogP) is 3.39. The Balaban J connectivity index is 2.51. The monoisotopic (exact) mass is 295 g/mol. The average molecular weight is 295 g/mol. The lowest BCUT2D eigenvalue weighted by Crippen LogP contribution is -2.16. The van der Waals surface area contributed by atoms with Gasteiger partial charge in [-0.2, -0.15) is 0 Å². The first-order chi connectivity index (χ1) is 10.3. The number of hydrogen-bond donors (Lipinski definition) is 1. The first kappa shape index (κ1) is 17.8. The van der Waals surface area contributed by atoms with Crippen molar-refractivity contribution in [2.24, 2.45) is 0 Å². The Morgan fingerprint density at radius 1 is 1.05 bits per heavy atom. The highest BCUT2D eigenvalue weighted by Gasteiger charge is 2.10. The van der Waals surface area contributed by atoms with Crippen molar-refractivity contribution in [3.05, 3.63) is 23.8 Å². The minimum absolute atomic E-state index is 0.546. The Labute approximate surface area is 128 Å². The molecular weight excluding hydrogens is 266 g/mol. The SMILES string of the molecule is CCCCOCCOc1c(CNCCC)cccc1OC. The van der Waals surface area contributed by atoms with Crippen molar-refractivity contribution in [1.29, 1.82) is 0 Å². The second-order valence-corrected chi connectivity index (χ2v) is 4.94. The molecule has 0 radical (unpaired) electrons. The quantitative estimate of drug-likeness (QED) is 0.600. The van der Waals surface area contributed by atoms with Crippen LogP contribution in [0.5, 0.6) is 11.5 Å². The van der Waals surface area contributed by atoms with Gasteiger partial charge in [0, 0.05) is 18.7 Å². The van der Waals surface area contributed by atoms with Crippen LogP contribution in [0.25, 0.3) is 0 Å². The summed E-state index contributed by atoms with van der Waals surface area (Å²) in [4.78, 5) is 0. The maximum Gasteiger partial charge on any atom is 0.165 e. The first-order valence-corrected chi connectivity index (χ1v) is 7.90. The number of methoxy groups -OCH3 is 1. The van der Waals surface area contributed by atoms with E-state index in [0.29, 0.717) is 13.2 Å². The molecule has 0 bridgehead atoms. The Bertz CT molecular complexity index is 382. The van der Waals surface area contributed by atoms with Gasteiger partial charge in [-0.05, 0) is 25.5 Å². The Morgan fingerprint density at radius 2 is 1.90 bits per heavy atom. The Kier molecular flexibility index (Phi) is 9.66. The van der Waals surface area contributed by atoms with Gasteiger partial charge in [0.15, 0.2) is 11.5 Å². The van der Waals surface area contributed by atoms with E-state index in [9.17, 15) is 0 Å². The Hall–Kier alpha value is -1.26. The van der Waals surface area contributed by atoms with Crippen LogP contribution in [0.4, 0.5) is 0 Å². The van der Waals surface area contributed by atoms with Crippen molar-refractivity contribution in [1.82, 2.24) is 5.32 Å². The average Bonchev–Trinajstić information content (AvgIpc) is 2.51. The van der Waals surface area contributed by atoms with E-state index in [1.807, 2.05) is 12.1 Å². The van der Waals surface area contributed by atoms with Crippen molar-refractivity contribution in [2.75, 3.05) is 33.5 Å². The maximum absolute atomic E-state index is 5.88. The van der Waals surface area contributed by atoms with E-state index in [-0.39, 0.29) is 0 Å². The third kappa shape index (κ3) is 6.82. The van der Waals surface area contributed by atoms with Crippen molar-refractivity contribution in [2.45, 2.75) is 39.7 Å². The van der Waals surface area contributed by atoms with Gasteiger partial charge in [0.25, 0.3) is 0 Å². The van der Waals surface area contributed by atoms with Crippen LogP contribution in [0, 0.1) is 0 Å². The number of unbranched alkanes of at least 4 members (excludes halogenated alkanes) is 1. The molecule has 1 N–H and O–H groups in total. The van der Waals surface area contributed by atoms with Crippen LogP contribution >= 0.6 is 0 Å². The molecule has 0 saturated heterocycles. The van der Waals surface area contributed by atoms with Gasteiger partial charge < -0.3 is 19.5 Å². The minimum atomic E-state index is 0.546. The third-order valence-corrected chi connectivity index (χ3v) is 3.14. The van der Waals surface area contributed by atoms with Crippen molar-refractivity contribution in [3.63, 3.8) is 0 Å². The van der Waals surface area contributed by atoms with E-state index in [4.69, 9.17) is 14.2 Å². The van der Waals surface area contributed by atoms with Crippen LogP contribution in [0.3, 0.4) is 0 Å². The second-order valence-electron chi connectivity index (χ2n) is 4.94. The standard InChI is InChI=1S/C17H29NO3/c1-4-6-11-20-12-13-21-17-15(14-18-10-5-2)8-7-9-16(17)19-3/h7-9,18H,4-6,10-14H2,1-3H3. The molecule has 4 nitrogen and oxygen atoms in total. The molecule has 1 aromatic carbocycles. The highest BCUT2D eigenvalue weighted by molar-refractivity contribution is 5.46. The summed E-state index contributed by atoms with van der Waals surface area (Å²) in [5.41, 5.74) is 1.12. The molecular formula is C17H29NO3. The lowest BCUT2D eigenvalue weighted by molar-refractivity contribution is 0.0966. The third-order valence-electron chi connectivity index (χ3n) is 3.14. The van der Waals surface area contributed by atoms with Gasteiger partial charge in [0.2, 0.25) is 0 Å². The fourth-order valence-electron chi connectivity index (χ4n) is 1.98. The number of hydrogen-bond acceptors (Lipinski definition) is 4. The van der Waals surface area contributed by atoms with Crippen LogP contribution in [-0.4, -0.2) is 33.5 Å². The molecule has 1 aromatic rings.